The molecule has 2 unspecified atom stereocenters. The van der Waals surface area contributed by atoms with E-state index in [0.29, 0.717) is 22.3 Å². The summed E-state index contributed by atoms with van der Waals surface area (Å²) in [5.74, 6) is -1.69. The van der Waals surface area contributed by atoms with Gasteiger partial charge in [0.15, 0.2) is 4.75 Å². The summed E-state index contributed by atoms with van der Waals surface area (Å²) in [5, 5.41) is 13.8. The van der Waals surface area contributed by atoms with E-state index in [2.05, 4.69) is 5.32 Å². The van der Waals surface area contributed by atoms with Gasteiger partial charge in [-0.25, -0.2) is 17.2 Å². The van der Waals surface area contributed by atoms with Crippen molar-refractivity contribution in [1.82, 2.24) is 0 Å². The molecule has 0 radical (unpaired) electrons. The number of nitrogens with one attached hydrogen (secondary N) is 1. The Labute approximate surface area is 177 Å². The molecule has 0 bridgehead atoms. The molecule has 3 aromatic carbocycles. The van der Waals surface area contributed by atoms with Crippen molar-refractivity contribution >= 4 is 27.1 Å². The van der Waals surface area contributed by atoms with Gasteiger partial charge >= 0.3 is 0 Å². The molecule has 3 aromatic rings. The SMILES string of the molecule is N#CC1(Cc2cc(F)cc(F)c2)C(c2ccc(Cl)cc2)Nc2ccccc2S1(=O)=O. The molecule has 30 heavy (non-hydrogen) atoms. The Morgan fingerprint density at radius 2 is 1.67 bits per heavy atom. The van der Waals surface area contributed by atoms with Crippen LogP contribution in [-0.4, -0.2) is 13.2 Å². The fourth-order valence-corrected chi connectivity index (χ4v) is 6.00. The summed E-state index contributed by atoms with van der Waals surface area (Å²) in [7, 11) is -4.23. The Morgan fingerprint density at radius 1 is 1.03 bits per heavy atom. The highest BCUT2D eigenvalue weighted by Crippen LogP contribution is 2.47. The number of rotatable bonds is 3. The standard InChI is InChI=1S/C22H15ClF2N2O2S/c23-16-7-5-15(6-8-16)21-22(13-26,12-14-9-17(24)11-18(25)10-14)30(28,29)20-4-2-1-3-19(20)27-21/h1-11,21,27H,12H2. The number of para-hydroxylation sites is 1. The summed E-state index contributed by atoms with van der Waals surface area (Å²) in [5.41, 5.74) is 0.933. The zero-order valence-corrected chi connectivity index (χ0v) is 17.0. The summed E-state index contributed by atoms with van der Waals surface area (Å²) in [6.45, 7) is 0. The normalized spacial score (nSPS) is 21.9. The topological polar surface area (TPSA) is 70.0 Å². The van der Waals surface area contributed by atoms with Crippen LogP contribution in [0.25, 0.3) is 0 Å². The number of hydrogen-bond donors (Lipinski definition) is 1. The first-order chi connectivity index (χ1) is 14.3. The van der Waals surface area contributed by atoms with Crippen LogP contribution in [0.4, 0.5) is 14.5 Å². The summed E-state index contributed by atoms with van der Waals surface area (Å²) in [6, 6.07) is 16.5. The molecule has 1 aliphatic rings. The summed E-state index contributed by atoms with van der Waals surface area (Å²) >= 11 is 5.97. The molecule has 0 fully saturated rings. The van der Waals surface area contributed by atoms with E-state index < -0.39 is 38.7 Å². The Bertz CT molecular complexity index is 1250. The highest BCUT2D eigenvalue weighted by Gasteiger charge is 2.56. The second-order valence-electron chi connectivity index (χ2n) is 7.08. The van der Waals surface area contributed by atoms with Crippen molar-refractivity contribution in [2.45, 2.75) is 22.1 Å². The van der Waals surface area contributed by atoms with Gasteiger partial charge in [0.2, 0.25) is 9.84 Å². The number of nitriles is 1. The van der Waals surface area contributed by atoms with E-state index in [1.807, 2.05) is 6.07 Å². The molecular formula is C22H15ClF2N2O2S. The number of nitrogens with zero attached hydrogens (tertiary/aromatic N) is 1. The van der Waals surface area contributed by atoms with Gasteiger partial charge in [0.25, 0.3) is 0 Å². The van der Waals surface area contributed by atoms with Crippen molar-refractivity contribution < 1.29 is 17.2 Å². The Kier molecular flexibility index (Phi) is 5.00. The predicted octanol–water partition coefficient (Wildman–Crippen LogP) is 5.06. The minimum absolute atomic E-state index is 0.0337. The number of benzene rings is 3. The van der Waals surface area contributed by atoms with Crippen LogP contribution in [0, 0.1) is 23.0 Å². The third-order valence-electron chi connectivity index (χ3n) is 5.20. The number of hydrogen-bond acceptors (Lipinski definition) is 4. The van der Waals surface area contributed by atoms with Gasteiger partial charge in [0.05, 0.1) is 22.7 Å². The van der Waals surface area contributed by atoms with Crippen LogP contribution in [0.1, 0.15) is 17.2 Å². The number of sulfone groups is 1. The van der Waals surface area contributed by atoms with Crippen molar-refractivity contribution in [2.24, 2.45) is 0 Å². The van der Waals surface area contributed by atoms with Crippen molar-refractivity contribution in [2.75, 3.05) is 5.32 Å². The van der Waals surface area contributed by atoms with Crippen molar-refractivity contribution in [3.63, 3.8) is 0 Å². The average Bonchev–Trinajstić information content (AvgIpc) is 2.70. The van der Waals surface area contributed by atoms with Gasteiger partial charge in [-0.15, -0.1) is 0 Å². The summed E-state index contributed by atoms with van der Waals surface area (Å²) in [4.78, 5) is -0.0337. The fourth-order valence-electron chi connectivity index (χ4n) is 3.83. The lowest BCUT2D eigenvalue weighted by atomic mass is 9.87. The predicted molar refractivity (Wildman–Crippen MR) is 110 cm³/mol. The number of anilines is 1. The van der Waals surface area contributed by atoms with Crippen molar-refractivity contribution in [3.8, 4) is 6.07 Å². The second-order valence-corrected chi connectivity index (χ2v) is 9.70. The molecular weight excluding hydrogens is 430 g/mol. The van der Waals surface area contributed by atoms with Gasteiger partial charge in [-0.3, -0.25) is 0 Å². The van der Waals surface area contributed by atoms with E-state index in [-0.39, 0.29) is 10.5 Å². The lowest BCUT2D eigenvalue weighted by Gasteiger charge is -2.40. The monoisotopic (exact) mass is 444 g/mol. The molecule has 0 saturated heterocycles. The average molecular weight is 445 g/mol. The zero-order chi connectivity index (χ0) is 21.5. The first-order valence-electron chi connectivity index (χ1n) is 8.99. The first kappa shape index (κ1) is 20.3. The highest BCUT2D eigenvalue weighted by atomic mass is 35.5. The van der Waals surface area contributed by atoms with Gasteiger partial charge in [-0.2, -0.15) is 5.26 Å². The molecule has 1 aliphatic heterocycles. The summed E-state index contributed by atoms with van der Waals surface area (Å²) in [6.07, 6.45) is -0.408. The molecule has 0 saturated carbocycles. The minimum Gasteiger partial charge on any atom is -0.374 e. The molecule has 152 valence electrons. The molecule has 1 heterocycles. The first-order valence-corrected chi connectivity index (χ1v) is 10.8. The molecule has 0 aliphatic carbocycles. The number of halogens is 3. The van der Waals surface area contributed by atoms with Gasteiger partial charge < -0.3 is 5.32 Å². The molecule has 4 nitrogen and oxygen atoms in total. The van der Waals surface area contributed by atoms with Gasteiger partial charge in [0, 0.05) is 17.5 Å². The maximum atomic E-state index is 13.8. The smallest absolute Gasteiger partial charge is 0.202 e. The second kappa shape index (κ2) is 7.38. The van der Waals surface area contributed by atoms with Crippen LogP contribution < -0.4 is 5.32 Å². The summed E-state index contributed by atoms with van der Waals surface area (Å²) < 4.78 is 53.0. The molecule has 0 spiro atoms. The third-order valence-corrected chi connectivity index (χ3v) is 7.82. The van der Waals surface area contributed by atoms with Gasteiger partial charge in [0.1, 0.15) is 11.6 Å². The van der Waals surface area contributed by atoms with E-state index in [4.69, 9.17) is 11.6 Å². The molecule has 8 heteroatoms. The minimum atomic E-state index is -4.23. The Morgan fingerprint density at radius 3 is 2.30 bits per heavy atom. The Balaban J connectivity index is 1.97. The Hall–Kier alpha value is -2.95. The molecule has 2 atom stereocenters. The number of fused-ring (bicyclic) bond motifs is 1. The lowest BCUT2D eigenvalue weighted by Crippen LogP contribution is -2.51. The maximum Gasteiger partial charge on any atom is 0.202 e. The van der Waals surface area contributed by atoms with E-state index in [1.165, 1.54) is 6.07 Å². The van der Waals surface area contributed by atoms with Gasteiger partial charge in [-0.05, 0) is 47.5 Å². The van der Waals surface area contributed by atoms with Crippen molar-refractivity contribution in [1.29, 1.82) is 5.26 Å². The van der Waals surface area contributed by atoms with Crippen LogP contribution in [0.5, 0.6) is 0 Å². The highest BCUT2D eigenvalue weighted by molar-refractivity contribution is 7.93. The van der Waals surface area contributed by atoms with E-state index in [0.717, 1.165) is 12.1 Å². The van der Waals surface area contributed by atoms with E-state index in [9.17, 15) is 22.5 Å². The van der Waals surface area contributed by atoms with E-state index >= 15 is 0 Å². The molecule has 1 N–H and O–H groups in total. The van der Waals surface area contributed by atoms with Crippen LogP contribution in [0.3, 0.4) is 0 Å². The van der Waals surface area contributed by atoms with Crippen LogP contribution in [-0.2, 0) is 16.3 Å². The zero-order valence-electron chi connectivity index (χ0n) is 15.4. The van der Waals surface area contributed by atoms with Crippen LogP contribution in [0.2, 0.25) is 5.02 Å². The largest absolute Gasteiger partial charge is 0.374 e. The van der Waals surface area contributed by atoms with Crippen LogP contribution in [0.15, 0.2) is 71.6 Å². The quantitative estimate of drug-likeness (QED) is 0.612. The maximum absolute atomic E-state index is 13.8. The third kappa shape index (κ3) is 3.22. The lowest BCUT2D eigenvalue weighted by molar-refractivity contribution is 0.506. The molecule has 0 aromatic heterocycles. The van der Waals surface area contributed by atoms with E-state index in [1.54, 1.807) is 42.5 Å². The fraction of sp³-hybridized carbons (Fsp3) is 0.136. The molecule has 4 rings (SSSR count). The van der Waals surface area contributed by atoms with Crippen molar-refractivity contribution in [3.05, 3.63) is 94.5 Å². The van der Waals surface area contributed by atoms with Gasteiger partial charge in [-0.1, -0.05) is 35.9 Å². The van der Waals surface area contributed by atoms with Crippen LogP contribution >= 0.6 is 11.6 Å². The molecule has 0 amide bonds.